The highest BCUT2D eigenvalue weighted by Crippen LogP contribution is 2.30. The van der Waals surface area contributed by atoms with Gasteiger partial charge in [-0.2, -0.15) is 0 Å². The number of carbonyl (C=O) groups is 1. The molecule has 0 aromatic carbocycles. The van der Waals surface area contributed by atoms with Crippen LogP contribution in [0, 0.1) is 0 Å². The molecule has 0 spiro atoms. The Morgan fingerprint density at radius 2 is 2.43 bits per heavy atom. The van der Waals surface area contributed by atoms with Crippen molar-refractivity contribution in [2.45, 2.75) is 12.3 Å². The van der Waals surface area contributed by atoms with E-state index in [-0.39, 0.29) is 0 Å². The molecule has 3 nitrogen and oxygen atoms in total. The second-order valence-electron chi connectivity index (χ2n) is 2.81. The summed E-state index contributed by atoms with van der Waals surface area (Å²) in [6.45, 7) is 0.465. The Morgan fingerprint density at radius 1 is 1.71 bits per heavy atom. The van der Waals surface area contributed by atoms with E-state index in [1.165, 1.54) is 11.3 Å². The molecule has 1 heterocycles. The first-order chi connectivity index (χ1) is 6.65. The summed E-state index contributed by atoms with van der Waals surface area (Å²) in [6.07, 6.45) is 0.513. The highest BCUT2D eigenvalue weighted by atomic mass is 79.9. The number of carboxylic acids is 1. The van der Waals surface area contributed by atoms with E-state index < -0.39 is 11.9 Å². The number of rotatable bonds is 5. The summed E-state index contributed by atoms with van der Waals surface area (Å²) >= 11 is 4.77. The van der Waals surface area contributed by atoms with Gasteiger partial charge in [0.25, 0.3) is 0 Å². The highest BCUT2D eigenvalue weighted by Gasteiger charge is 2.20. The van der Waals surface area contributed by atoms with E-state index in [4.69, 9.17) is 9.84 Å². The standard InChI is InChI=1S/C9H11BrO3S/c1-13-5-4-6(9(11)12)7-2-3-8(10)14-7/h2-3,6H,4-5H2,1H3,(H,11,12). The van der Waals surface area contributed by atoms with Gasteiger partial charge in [-0.1, -0.05) is 0 Å². The van der Waals surface area contributed by atoms with Crippen molar-refractivity contribution in [1.82, 2.24) is 0 Å². The van der Waals surface area contributed by atoms with Crippen LogP contribution in [0.2, 0.25) is 0 Å². The van der Waals surface area contributed by atoms with Crippen molar-refractivity contribution >= 4 is 33.2 Å². The number of hydrogen-bond donors (Lipinski definition) is 1. The van der Waals surface area contributed by atoms with Gasteiger partial charge in [0.1, 0.15) is 0 Å². The third-order valence-corrected chi connectivity index (χ3v) is 3.58. The van der Waals surface area contributed by atoms with Gasteiger partial charge in [0.05, 0.1) is 9.70 Å². The van der Waals surface area contributed by atoms with Crippen LogP contribution < -0.4 is 0 Å². The van der Waals surface area contributed by atoms with Gasteiger partial charge in [-0.15, -0.1) is 11.3 Å². The van der Waals surface area contributed by atoms with Crippen LogP contribution in [0.25, 0.3) is 0 Å². The summed E-state index contributed by atoms with van der Waals surface area (Å²) in [4.78, 5) is 11.8. The minimum absolute atomic E-state index is 0.453. The van der Waals surface area contributed by atoms with Crippen LogP contribution in [0.5, 0.6) is 0 Å². The van der Waals surface area contributed by atoms with Crippen LogP contribution >= 0.6 is 27.3 Å². The molecule has 1 atom stereocenters. The summed E-state index contributed by atoms with van der Waals surface area (Å²) in [5, 5.41) is 9.00. The second kappa shape index (κ2) is 5.48. The van der Waals surface area contributed by atoms with E-state index in [9.17, 15) is 4.79 Å². The largest absolute Gasteiger partial charge is 0.481 e. The van der Waals surface area contributed by atoms with E-state index >= 15 is 0 Å². The second-order valence-corrected chi connectivity index (χ2v) is 5.31. The summed E-state index contributed by atoms with van der Waals surface area (Å²) in [6, 6.07) is 3.70. The van der Waals surface area contributed by atoms with Crippen LogP contribution in [0.4, 0.5) is 0 Å². The first-order valence-corrected chi connectivity index (χ1v) is 5.73. The third kappa shape index (κ3) is 3.08. The molecular weight excluding hydrogens is 268 g/mol. The topological polar surface area (TPSA) is 46.5 Å². The van der Waals surface area contributed by atoms with Gasteiger partial charge in [-0.05, 0) is 34.5 Å². The lowest BCUT2D eigenvalue weighted by Crippen LogP contribution is -2.12. The van der Waals surface area contributed by atoms with Crippen LogP contribution in [0.15, 0.2) is 15.9 Å². The minimum atomic E-state index is -0.795. The Kier molecular flexibility index (Phi) is 4.57. The summed E-state index contributed by atoms with van der Waals surface area (Å²) in [5.74, 6) is -1.25. The fourth-order valence-corrected chi connectivity index (χ4v) is 2.69. The number of thiophene rings is 1. The van der Waals surface area contributed by atoms with Gasteiger partial charge >= 0.3 is 5.97 Å². The molecule has 1 aromatic rings. The zero-order chi connectivity index (χ0) is 10.6. The zero-order valence-corrected chi connectivity index (χ0v) is 10.1. The van der Waals surface area contributed by atoms with Crippen molar-refractivity contribution in [1.29, 1.82) is 0 Å². The van der Waals surface area contributed by atoms with Gasteiger partial charge in [-0.3, -0.25) is 4.79 Å². The molecule has 0 saturated heterocycles. The van der Waals surface area contributed by atoms with E-state index in [0.29, 0.717) is 13.0 Å². The molecule has 0 radical (unpaired) electrons. The predicted molar refractivity (Wildman–Crippen MR) is 58.9 cm³/mol. The molecule has 0 saturated carbocycles. The average molecular weight is 279 g/mol. The quantitative estimate of drug-likeness (QED) is 0.901. The smallest absolute Gasteiger partial charge is 0.311 e. The van der Waals surface area contributed by atoms with Gasteiger partial charge in [0.15, 0.2) is 0 Å². The fourth-order valence-electron chi connectivity index (χ4n) is 1.14. The molecule has 1 N–H and O–H groups in total. The van der Waals surface area contributed by atoms with Gasteiger partial charge in [-0.25, -0.2) is 0 Å². The molecule has 0 amide bonds. The third-order valence-electron chi connectivity index (χ3n) is 1.85. The van der Waals surface area contributed by atoms with E-state index in [1.807, 2.05) is 12.1 Å². The van der Waals surface area contributed by atoms with Crippen molar-refractivity contribution in [3.05, 3.63) is 20.8 Å². The molecular formula is C9H11BrO3S. The Bertz CT molecular complexity index is 311. The number of hydrogen-bond acceptors (Lipinski definition) is 3. The number of methoxy groups -OCH3 is 1. The number of ether oxygens (including phenoxy) is 1. The zero-order valence-electron chi connectivity index (χ0n) is 7.70. The lowest BCUT2D eigenvalue weighted by molar-refractivity contribution is -0.139. The molecule has 0 bridgehead atoms. The Morgan fingerprint density at radius 3 is 2.86 bits per heavy atom. The molecule has 14 heavy (non-hydrogen) atoms. The van der Waals surface area contributed by atoms with Crippen LogP contribution in [0.1, 0.15) is 17.2 Å². The van der Waals surface area contributed by atoms with Gasteiger partial charge in [0.2, 0.25) is 0 Å². The Hall–Kier alpha value is -0.390. The molecule has 0 aliphatic rings. The molecule has 78 valence electrons. The maximum Gasteiger partial charge on any atom is 0.311 e. The van der Waals surface area contributed by atoms with Crippen LogP contribution in [-0.2, 0) is 9.53 Å². The molecule has 1 unspecified atom stereocenters. The van der Waals surface area contributed by atoms with Crippen molar-refractivity contribution in [2.24, 2.45) is 0 Å². The maximum atomic E-state index is 11.0. The first-order valence-electron chi connectivity index (χ1n) is 4.12. The average Bonchev–Trinajstić information content (AvgIpc) is 2.52. The molecule has 5 heteroatoms. The number of halogens is 1. The fraction of sp³-hybridized carbons (Fsp3) is 0.444. The van der Waals surface area contributed by atoms with Crippen LogP contribution in [0.3, 0.4) is 0 Å². The van der Waals surface area contributed by atoms with E-state index in [2.05, 4.69) is 15.9 Å². The van der Waals surface area contributed by atoms with Gasteiger partial charge in [0, 0.05) is 18.6 Å². The molecule has 0 aliphatic carbocycles. The number of carboxylic acid groups (broad SMARTS) is 1. The molecule has 1 aromatic heterocycles. The van der Waals surface area contributed by atoms with Crippen LogP contribution in [-0.4, -0.2) is 24.8 Å². The molecule has 1 rings (SSSR count). The first kappa shape index (κ1) is 11.7. The van der Waals surface area contributed by atoms with Crippen molar-refractivity contribution in [3.8, 4) is 0 Å². The monoisotopic (exact) mass is 278 g/mol. The SMILES string of the molecule is COCCC(C(=O)O)c1ccc(Br)s1. The normalized spacial score (nSPS) is 12.7. The van der Waals surface area contributed by atoms with Crippen molar-refractivity contribution in [2.75, 3.05) is 13.7 Å². The van der Waals surface area contributed by atoms with E-state index in [0.717, 1.165) is 8.66 Å². The summed E-state index contributed by atoms with van der Waals surface area (Å²) in [7, 11) is 1.57. The molecule has 0 fully saturated rings. The van der Waals surface area contributed by atoms with E-state index in [1.54, 1.807) is 7.11 Å². The van der Waals surface area contributed by atoms with Crippen molar-refractivity contribution < 1.29 is 14.6 Å². The molecule has 0 aliphatic heterocycles. The summed E-state index contributed by atoms with van der Waals surface area (Å²) in [5.41, 5.74) is 0. The lowest BCUT2D eigenvalue weighted by Gasteiger charge is -2.08. The van der Waals surface area contributed by atoms with Crippen molar-refractivity contribution in [3.63, 3.8) is 0 Å². The highest BCUT2D eigenvalue weighted by molar-refractivity contribution is 9.11. The summed E-state index contributed by atoms with van der Waals surface area (Å²) < 4.78 is 5.84. The van der Waals surface area contributed by atoms with Gasteiger partial charge < -0.3 is 9.84 Å². The predicted octanol–water partition coefficient (Wildman–Crippen LogP) is 2.72. The minimum Gasteiger partial charge on any atom is -0.481 e. The Labute approximate surface area is 94.8 Å². The maximum absolute atomic E-state index is 11.0. The number of aliphatic carboxylic acids is 1. The Balaban J connectivity index is 2.72. The lowest BCUT2D eigenvalue weighted by atomic mass is 10.0.